The summed E-state index contributed by atoms with van der Waals surface area (Å²) in [7, 11) is 5.57. The van der Waals surface area contributed by atoms with Gasteiger partial charge in [0.25, 0.3) is 0 Å². The number of nitrogens with two attached hydrogens (primary N) is 1. The number of carbonyl (C=O) groups is 1. The molecule has 2 atom stereocenters. The van der Waals surface area contributed by atoms with Crippen LogP contribution in [-0.4, -0.2) is 74.4 Å². The molecule has 0 bridgehead atoms. The van der Waals surface area contributed by atoms with Crippen LogP contribution in [0.25, 0.3) is 0 Å². The van der Waals surface area contributed by atoms with Gasteiger partial charge in [0.05, 0.1) is 13.7 Å². The van der Waals surface area contributed by atoms with E-state index in [-0.39, 0.29) is 24.6 Å². The van der Waals surface area contributed by atoms with Crippen molar-refractivity contribution in [3.63, 3.8) is 0 Å². The lowest BCUT2D eigenvalue weighted by Gasteiger charge is -2.30. The van der Waals surface area contributed by atoms with Gasteiger partial charge in [-0.2, -0.15) is 0 Å². The smallest absolute Gasteiger partial charge is 0.321 e. The van der Waals surface area contributed by atoms with Gasteiger partial charge in [-0.25, -0.2) is 4.79 Å². The van der Waals surface area contributed by atoms with Crippen LogP contribution in [0.4, 0.5) is 10.5 Å². The third-order valence-corrected chi connectivity index (χ3v) is 5.89. The van der Waals surface area contributed by atoms with E-state index in [0.717, 1.165) is 22.2 Å². The van der Waals surface area contributed by atoms with Gasteiger partial charge in [0.2, 0.25) is 0 Å². The summed E-state index contributed by atoms with van der Waals surface area (Å²) in [6, 6.07) is 15.0. The molecule has 2 rings (SSSR count). The van der Waals surface area contributed by atoms with Gasteiger partial charge in [-0.05, 0) is 62.5 Å². The molecule has 0 saturated heterocycles. The molecule has 2 aromatic carbocycles. The monoisotopic (exact) mass is 492 g/mol. The predicted molar refractivity (Wildman–Crippen MR) is 129 cm³/mol. The van der Waals surface area contributed by atoms with Gasteiger partial charge in [0.15, 0.2) is 0 Å². The molecule has 0 aliphatic carbocycles. The molecule has 0 aliphatic heterocycles. The van der Waals surface area contributed by atoms with Gasteiger partial charge in [0.1, 0.15) is 5.75 Å². The summed E-state index contributed by atoms with van der Waals surface area (Å²) in [5, 5.41) is 13.0. The van der Waals surface area contributed by atoms with Crippen LogP contribution in [0.3, 0.4) is 0 Å². The van der Waals surface area contributed by atoms with Crippen LogP contribution in [-0.2, 0) is 0 Å². The lowest BCUT2D eigenvalue weighted by molar-refractivity contribution is 0.181. The maximum absolute atomic E-state index is 13.1. The summed E-state index contributed by atoms with van der Waals surface area (Å²) in [4.78, 5) is 16.9. The third-order valence-electron chi connectivity index (χ3n) is 5.37. The Morgan fingerprint density at radius 3 is 2.32 bits per heavy atom. The van der Waals surface area contributed by atoms with Crippen LogP contribution in [0.15, 0.2) is 53.0 Å². The summed E-state index contributed by atoms with van der Waals surface area (Å²) in [6.07, 6.45) is 0.734. The van der Waals surface area contributed by atoms with E-state index in [0.29, 0.717) is 25.3 Å². The van der Waals surface area contributed by atoms with E-state index in [4.69, 9.17) is 10.5 Å². The number of likely N-dealkylation sites (N-methyl/N-ethyl adjacent to an activating group) is 1. The number of aliphatic hydroxyl groups is 1. The molecule has 170 valence electrons. The molecular weight excluding hydrogens is 460 g/mol. The number of anilines is 1. The first-order valence-electron chi connectivity index (χ1n) is 10.3. The maximum atomic E-state index is 13.1. The Kier molecular flexibility index (Phi) is 10.3. The van der Waals surface area contributed by atoms with E-state index in [9.17, 15) is 9.90 Å². The van der Waals surface area contributed by atoms with Gasteiger partial charge >= 0.3 is 6.03 Å². The van der Waals surface area contributed by atoms with Crippen LogP contribution in [0, 0.1) is 0 Å². The molecule has 0 saturated carbocycles. The van der Waals surface area contributed by atoms with E-state index in [1.807, 2.05) is 38.4 Å². The Labute approximate surface area is 193 Å². The molecule has 1 unspecified atom stereocenters. The second-order valence-electron chi connectivity index (χ2n) is 7.68. The molecule has 4 N–H and O–H groups in total. The topological polar surface area (TPSA) is 91.1 Å². The van der Waals surface area contributed by atoms with Crippen molar-refractivity contribution in [2.24, 2.45) is 5.73 Å². The number of carbonyl (C=O) groups excluding carboxylic acids is 1. The zero-order valence-electron chi connectivity index (χ0n) is 18.4. The number of nitrogens with one attached hydrogen (secondary N) is 1. The highest BCUT2D eigenvalue weighted by Crippen LogP contribution is 2.21. The van der Waals surface area contributed by atoms with Crippen molar-refractivity contribution in [1.82, 2.24) is 9.80 Å². The number of nitrogens with zero attached hydrogens (tertiary/aromatic N) is 2. The van der Waals surface area contributed by atoms with Gasteiger partial charge in [-0.1, -0.05) is 28.1 Å². The summed E-state index contributed by atoms with van der Waals surface area (Å²) < 4.78 is 6.15. The predicted octanol–water partition coefficient (Wildman–Crippen LogP) is 3.35. The van der Waals surface area contributed by atoms with Crippen molar-refractivity contribution in [1.29, 1.82) is 0 Å². The number of hydrogen-bond acceptors (Lipinski definition) is 5. The van der Waals surface area contributed by atoms with E-state index < -0.39 is 0 Å². The SMILES string of the molecule is COc1ccc(NC(=O)N(CCC(CN)N(C)C)C[C@H](CO)c2ccc(Br)cc2)cc1. The van der Waals surface area contributed by atoms with Crippen molar-refractivity contribution in [3.8, 4) is 5.75 Å². The number of halogens is 1. The average Bonchev–Trinajstić information content (AvgIpc) is 2.77. The number of ether oxygens (including phenoxy) is 1. The largest absolute Gasteiger partial charge is 0.497 e. The number of hydrogen-bond donors (Lipinski definition) is 3. The van der Waals surface area contributed by atoms with Crippen LogP contribution in [0.2, 0.25) is 0 Å². The van der Waals surface area contributed by atoms with Gasteiger partial charge in [0, 0.05) is 41.8 Å². The van der Waals surface area contributed by atoms with Crippen molar-refractivity contribution in [2.45, 2.75) is 18.4 Å². The van der Waals surface area contributed by atoms with Crippen LogP contribution >= 0.6 is 15.9 Å². The number of amides is 2. The molecule has 0 radical (unpaired) electrons. The molecule has 31 heavy (non-hydrogen) atoms. The van der Waals surface area contributed by atoms with E-state index in [1.165, 1.54) is 0 Å². The first kappa shape index (κ1) is 25.1. The highest BCUT2D eigenvalue weighted by molar-refractivity contribution is 9.10. The molecule has 2 amide bonds. The van der Waals surface area contributed by atoms with Crippen LogP contribution in [0.1, 0.15) is 17.9 Å². The first-order chi connectivity index (χ1) is 14.9. The van der Waals surface area contributed by atoms with Crippen LogP contribution < -0.4 is 15.8 Å². The minimum absolute atomic E-state index is 0.0536. The summed E-state index contributed by atoms with van der Waals surface area (Å²) in [6.45, 7) is 1.37. The molecule has 0 aromatic heterocycles. The Morgan fingerprint density at radius 2 is 1.81 bits per heavy atom. The quantitative estimate of drug-likeness (QED) is 0.447. The molecular formula is C23H33BrN4O3. The second kappa shape index (κ2) is 12.7. The van der Waals surface area contributed by atoms with Crippen molar-refractivity contribution < 1.29 is 14.6 Å². The van der Waals surface area contributed by atoms with Crippen molar-refractivity contribution >= 4 is 27.6 Å². The highest BCUT2D eigenvalue weighted by atomic mass is 79.9. The van der Waals surface area contributed by atoms with E-state index in [1.54, 1.807) is 36.3 Å². The lowest BCUT2D eigenvalue weighted by atomic mass is 9.99. The summed E-state index contributed by atoms with van der Waals surface area (Å²) >= 11 is 3.44. The Hall–Kier alpha value is -2.13. The van der Waals surface area contributed by atoms with Gasteiger partial charge in [-0.3, -0.25) is 0 Å². The molecule has 0 aliphatic rings. The number of rotatable bonds is 11. The Balaban J connectivity index is 2.16. The van der Waals surface area contributed by atoms with Crippen molar-refractivity contribution in [3.05, 3.63) is 58.6 Å². The number of aliphatic hydroxyl groups excluding tert-OH is 1. The van der Waals surface area contributed by atoms with Crippen molar-refractivity contribution in [2.75, 3.05) is 52.8 Å². The third kappa shape index (κ3) is 7.81. The average molecular weight is 493 g/mol. The zero-order valence-corrected chi connectivity index (χ0v) is 20.0. The molecule has 8 heteroatoms. The number of urea groups is 1. The van der Waals surface area contributed by atoms with E-state index >= 15 is 0 Å². The molecule has 7 nitrogen and oxygen atoms in total. The Bertz CT molecular complexity index is 799. The minimum Gasteiger partial charge on any atom is -0.497 e. The molecule has 0 heterocycles. The number of benzene rings is 2. The molecule has 2 aromatic rings. The summed E-state index contributed by atoms with van der Waals surface area (Å²) in [5.74, 6) is 0.535. The normalized spacial score (nSPS) is 13.0. The molecule has 0 fully saturated rings. The molecule has 0 spiro atoms. The first-order valence-corrected chi connectivity index (χ1v) is 11.1. The fourth-order valence-electron chi connectivity index (χ4n) is 3.31. The fourth-order valence-corrected chi connectivity index (χ4v) is 3.58. The zero-order chi connectivity index (χ0) is 22.8. The highest BCUT2D eigenvalue weighted by Gasteiger charge is 2.22. The lowest BCUT2D eigenvalue weighted by Crippen LogP contribution is -2.43. The van der Waals surface area contributed by atoms with E-state index in [2.05, 4.69) is 26.1 Å². The standard InChI is InChI=1S/C23H33BrN4O3/c1-27(2)21(14-25)12-13-28(15-18(16-29)17-4-6-19(24)7-5-17)23(30)26-20-8-10-22(31-3)11-9-20/h4-11,18,21,29H,12-16,25H2,1-3H3,(H,26,30)/t18-,21?/m1/s1. The van der Waals surface area contributed by atoms with Crippen LogP contribution in [0.5, 0.6) is 5.75 Å². The maximum Gasteiger partial charge on any atom is 0.321 e. The van der Waals surface area contributed by atoms with Gasteiger partial charge in [-0.15, -0.1) is 0 Å². The minimum atomic E-state index is -0.213. The summed E-state index contributed by atoms with van der Waals surface area (Å²) in [5.41, 5.74) is 7.57. The number of methoxy groups -OCH3 is 1. The second-order valence-corrected chi connectivity index (χ2v) is 8.59. The Morgan fingerprint density at radius 1 is 1.16 bits per heavy atom. The van der Waals surface area contributed by atoms with Gasteiger partial charge < -0.3 is 30.7 Å². The fraction of sp³-hybridized carbons (Fsp3) is 0.435.